The van der Waals surface area contributed by atoms with Crippen molar-refractivity contribution in [2.45, 2.75) is 37.5 Å². The van der Waals surface area contributed by atoms with Crippen molar-refractivity contribution in [3.05, 3.63) is 34.6 Å². The van der Waals surface area contributed by atoms with Gasteiger partial charge >= 0.3 is 6.03 Å². The van der Waals surface area contributed by atoms with E-state index in [4.69, 9.17) is 21.1 Å². The summed E-state index contributed by atoms with van der Waals surface area (Å²) in [6.45, 7) is 3.46. The maximum Gasteiger partial charge on any atom is 0.315 e. The van der Waals surface area contributed by atoms with Crippen LogP contribution in [0.1, 0.15) is 31.2 Å². The zero-order chi connectivity index (χ0) is 16.4. The first-order valence-electron chi connectivity index (χ1n) is 7.75. The number of amides is 2. The smallest absolute Gasteiger partial charge is 0.315 e. The van der Waals surface area contributed by atoms with Gasteiger partial charge < -0.3 is 20.1 Å². The molecule has 7 heteroatoms. The maximum absolute atomic E-state index is 13.8. The van der Waals surface area contributed by atoms with Gasteiger partial charge in [0.2, 0.25) is 0 Å². The molecule has 1 aliphatic carbocycles. The molecule has 1 aromatic rings. The Kier molecular flexibility index (Phi) is 4.75. The average Bonchev–Trinajstić information content (AvgIpc) is 3.08. The Bertz CT molecular complexity index is 572. The van der Waals surface area contributed by atoms with E-state index in [0.29, 0.717) is 43.2 Å². The molecule has 23 heavy (non-hydrogen) atoms. The van der Waals surface area contributed by atoms with Crippen molar-refractivity contribution in [1.82, 2.24) is 10.6 Å². The largest absolute Gasteiger partial charge is 0.348 e. The molecule has 5 nitrogen and oxygen atoms in total. The fourth-order valence-corrected chi connectivity index (χ4v) is 3.17. The molecule has 1 saturated heterocycles. The first-order valence-corrected chi connectivity index (χ1v) is 8.12. The van der Waals surface area contributed by atoms with Crippen molar-refractivity contribution in [3.63, 3.8) is 0 Å². The van der Waals surface area contributed by atoms with Crippen LogP contribution in [0.3, 0.4) is 0 Å². The van der Waals surface area contributed by atoms with E-state index in [1.165, 1.54) is 6.07 Å². The van der Waals surface area contributed by atoms with Crippen molar-refractivity contribution < 1.29 is 18.7 Å². The van der Waals surface area contributed by atoms with E-state index in [-0.39, 0.29) is 23.8 Å². The van der Waals surface area contributed by atoms with E-state index in [1.807, 2.05) is 6.92 Å². The lowest BCUT2D eigenvalue weighted by Gasteiger charge is -2.22. The molecule has 1 saturated carbocycles. The Morgan fingerprint density at radius 3 is 2.87 bits per heavy atom. The quantitative estimate of drug-likeness (QED) is 0.865. The summed E-state index contributed by atoms with van der Waals surface area (Å²) >= 11 is 6.04. The molecule has 0 radical (unpaired) electrons. The Balaban J connectivity index is 1.43. The van der Waals surface area contributed by atoms with E-state index in [0.717, 1.165) is 0 Å². The normalized spacial score (nSPS) is 25.2. The Labute approximate surface area is 139 Å². The molecular formula is C16H20ClFN2O3. The van der Waals surface area contributed by atoms with Crippen LogP contribution in [0.4, 0.5) is 9.18 Å². The monoisotopic (exact) mass is 342 g/mol. The van der Waals surface area contributed by atoms with Crippen LogP contribution >= 0.6 is 11.6 Å². The second-order valence-electron chi connectivity index (χ2n) is 6.06. The fraction of sp³-hybridized carbons (Fsp3) is 0.562. The highest BCUT2D eigenvalue weighted by Crippen LogP contribution is 2.44. The van der Waals surface area contributed by atoms with Gasteiger partial charge in [-0.2, -0.15) is 0 Å². The number of benzene rings is 1. The third kappa shape index (κ3) is 3.94. The SMILES string of the molecule is CC1(CCNC(=O)N[C@@H]2C[C@H]2c2c(F)cccc2Cl)OCCO1. The number of nitrogens with one attached hydrogen (secondary N) is 2. The van der Waals surface area contributed by atoms with E-state index in [1.54, 1.807) is 12.1 Å². The molecular weight excluding hydrogens is 323 g/mol. The van der Waals surface area contributed by atoms with Crippen molar-refractivity contribution in [3.8, 4) is 0 Å². The van der Waals surface area contributed by atoms with Gasteiger partial charge in [-0.25, -0.2) is 9.18 Å². The molecule has 0 aromatic heterocycles. The molecule has 2 aliphatic rings. The van der Waals surface area contributed by atoms with Crippen molar-refractivity contribution in [1.29, 1.82) is 0 Å². The highest BCUT2D eigenvalue weighted by molar-refractivity contribution is 6.31. The second kappa shape index (κ2) is 6.63. The second-order valence-corrected chi connectivity index (χ2v) is 6.47. The van der Waals surface area contributed by atoms with Crippen LogP contribution in [0.5, 0.6) is 0 Å². The predicted octanol–water partition coefficient (Wildman–Crippen LogP) is 2.79. The average molecular weight is 343 g/mol. The molecule has 1 aliphatic heterocycles. The first-order chi connectivity index (χ1) is 11.0. The number of carbonyl (C=O) groups is 1. The summed E-state index contributed by atoms with van der Waals surface area (Å²) in [5.41, 5.74) is 0.486. The van der Waals surface area contributed by atoms with Crippen LogP contribution in [0.25, 0.3) is 0 Å². The highest BCUT2D eigenvalue weighted by Gasteiger charge is 2.42. The summed E-state index contributed by atoms with van der Waals surface area (Å²) in [7, 11) is 0. The van der Waals surface area contributed by atoms with Crippen LogP contribution in [-0.2, 0) is 9.47 Å². The summed E-state index contributed by atoms with van der Waals surface area (Å²) in [4.78, 5) is 11.9. The highest BCUT2D eigenvalue weighted by atomic mass is 35.5. The van der Waals surface area contributed by atoms with Crippen LogP contribution in [0, 0.1) is 5.82 Å². The minimum absolute atomic E-state index is 0.0616. The molecule has 1 aromatic carbocycles. The van der Waals surface area contributed by atoms with Crippen molar-refractivity contribution in [2.24, 2.45) is 0 Å². The van der Waals surface area contributed by atoms with Gasteiger partial charge in [-0.1, -0.05) is 17.7 Å². The molecule has 2 amide bonds. The summed E-state index contributed by atoms with van der Waals surface area (Å²) < 4.78 is 24.8. The van der Waals surface area contributed by atoms with Gasteiger partial charge in [0.05, 0.1) is 13.2 Å². The van der Waals surface area contributed by atoms with Gasteiger partial charge in [-0.15, -0.1) is 0 Å². The van der Waals surface area contributed by atoms with Gasteiger partial charge in [0.25, 0.3) is 0 Å². The number of urea groups is 1. The zero-order valence-corrected chi connectivity index (χ0v) is 13.7. The molecule has 2 atom stereocenters. The number of hydrogen-bond acceptors (Lipinski definition) is 3. The Morgan fingerprint density at radius 1 is 1.43 bits per heavy atom. The molecule has 2 N–H and O–H groups in total. The van der Waals surface area contributed by atoms with E-state index in [2.05, 4.69) is 10.6 Å². The van der Waals surface area contributed by atoms with Crippen LogP contribution in [-0.4, -0.2) is 37.6 Å². The van der Waals surface area contributed by atoms with Crippen molar-refractivity contribution in [2.75, 3.05) is 19.8 Å². The lowest BCUT2D eigenvalue weighted by Crippen LogP contribution is -2.40. The molecule has 3 rings (SSSR count). The lowest BCUT2D eigenvalue weighted by molar-refractivity contribution is -0.145. The summed E-state index contributed by atoms with van der Waals surface area (Å²) in [5.74, 6) is -1.00. The first kappa shape index (κ1) is 16.5. The zero-order valence-electron chi connectivity index (χ0n) is 12.9. The molecule has 126 valence electrons. The number of ether oxygens (including phenoxy) is 2. The Hall–Kier alpha value is -1.37. The lowest BCUT2D eigenvalue weighted by atomic mass is 10.1. The number of halogens is 2. The summed E-state index contributed by atoms with van der Waals surface area (Å²) in [6, 6.07) is 4.27. The van der Waals surface area contributed by atoms with E-state index < -0.39 is 5.79 Å². The fourth-order valence-electron chi connectivity index (χ4n) is 2.86. The number of carbonyl (C=O) groups excluding carboxylic acids is 1. The number of hydrogen-bond donors (Lipinski definition) is 2. The standard InChI is InChI=1S/C16H20ClFN2O3/c1-16(22-7-8-23-16)5-6-19-15(21)20-13-9-10(13)14-11(17)3-2-4-12(14)18/h2-4,10,13H,5-9H2,1H3,(H2,19,20,21)/t10-,13-/m1/s1. The minimum Gasteiger partial charge on any atom is -0.348 e. The van der Waals surface area contributed by atoms with Gasteiger partial charge in [0, 0.05) is 35.5 Å². The van der Waals surface area contributed by atoms with E-state index >= 15 is 0 Å². The number of rotatable bonds is 5. The third-order valence-corrected chi connectivity index (χ3v) is 4.57. The van der Waals surface area contributed by atoms with E-state index in [9.17, 15) is 9.18 Å². The predicted molar refractivity (Wildman–Crippen MR) is 84.0 cm³/mol. The van der Waals surface area contributed by atoms with Gasteiger partial charge in [-0.05, 0) is 25.5 Å². The van der Waals surface area contributed by atoms with Crippen LogP contribution in [0.15, 0.2) is 18.2 Å². The van der Waals surface area contributed by atoms with Crippen LogP contribution in [0.2, 0.25) is 5.02 Å². The van der Waals surface area contributed by atoms with Gasteiger partial charge in [-0.3, -0.25) is 0 Å². The molecule has 0 spiro atoms. The third-order valence-electron chi connectivity index (χ3n) is 4.24. The van der Waals surface area contributed by atoms with Crippen molar-refractivity contribution >= 4 is 17.6 Å². The summed E-state index contributed by atoms with van der Waals surface area (Å²) in [5, 5.41) is 6.01. The molecule has 0 bridgehead atoms. The minimum atomic E-state index is -0.615. The maximum atomic E-state index is 13.8. The Morgan fingerprint density at radius 2 is 2.17 bits per heavy atom. The topological polar surface area (TPSA) is 59.6 Å². The molecule has 0 unspecified atom stereocenters. The van der Waals surface area contributed by atoms with Crippen LogP contribution < -0.4 is 10.6 Å². The molecule has 2 fully saturated rings. The molecule has 1 heterocycles. The van der Waals surface area contributed by atoms with Gasteiger partial charge in [0.1, 0.15) is 5.82 Å². The summed E-state index contributed by atoms with van der Waals surface area (Å²) in [6.07, 6.45) is 1.27. The van der Waals surface area contributed by atoms with Gasteiger partial charge in [0.15, 0.2) is 5.79 Å².